The van der Waals surface area contributed by atoms with Gasteiger partial charge in [-0.25, -0.2) is 4.79 Å². The molecule has 1 N–H and O–H groups in total. The molecule has 108 valence electrons. The normalized spacial score (nSPS) is 15.0. The molecule has 20 heavy (non-hydrogen) atoms. The Morgan fingerprint density at radius 2 is 2.20 bits per heavy atom. The summed E-state index contributed by atoms with van der Waals surface area (Å²) >= 11 is 6.37. The molecule has 1 aliphatic rings. The second-order valence-electron chi connectivity index (χ2n) is 5.66. The van der Waals surface area contributed by atoms with Crippen LogP contribution < -0.4 is 4.90 Å². The highest BCUT2D eigenvalue weighted by Gasteiger charge is 2.30. The molecule has 1 aromatic rings. The molecule has 0 saturated heterocycles. The van der Waals surface area contributed by atoms with Crippen LogP contribution in [-0.2, 0) is 4.79 Å². The average Bonchev–Trinajstić information content (AvgIpc) is 3.18. The molecule has 1 aliphatic carbocycles. The lowest BCUT2D eigenvalue weighted by Gasteiger charge is -2.27. The molecule has 3 nitrogen and oxygen atoms in total. The quantitative estimate of drug-likeness (QED) is 0.804. The Morgan fingerprint density at radius 3 is 2.70 bits per heavy atom. The molecule has 0 unspecified atom stereocenters. The van der Waals surface area contributed by atoms with Crippen LogP contribution in [0.15, 0.2) is 24.3 Å². The number of carboxylic acid groups (broad SMARTS) is 1. The molecule has 2 rings (SSSR count). The summed E-state index contributed by atoms with van der Waals surface area (Å²) in [7, 11) is 0. The SMILES string of the molecule is CC(C)CN(c1ccc(/C=C/C(=O)O)cc1Cl)C1CC1. The molecule has 0 spiro atoms. The van der Waals surface area contributed by atoms with Crippen LogP contribution >= 0.6 is 11.6 Å². The molecule has 0 bridgehead atoms. The Morgan fingerprint density at radius 1 is 1.50 bits per heavy atom. The van der Waals surface area contributed by atoms with E-state index in [1.807, 2.05) is 18.2 Å². The molecule has 1 saturated carbocycles. The van der Waals surface area contributed by atoms with Gasteiger partial charge in [0.15, 0.2) is 0 Å². The predicted molar refractivity (Wildman–Crippen MR) is 83.3 cm³/mol. The summed E-state index contributed by atoms with van der Waals surface area (Å²) in [5, 5.41) is 9.32. The number of halogens is 1. The zero-order valence-electron chi connectivity index (χ0n) is 11.8. The third kappa shape index (κ3) is 4.01. The van der Waals surface area contributed by atoms with Crippen LogP contribution in [0.3, 0.4) is 0 Å². The van der Waals surface area contributed by atoms with Gasteiger partial charge in [0.25, 0.3) is 0 Å². The Labute approximate surface area is 124 Å². The maximum atomic E-state index is 10.5. The van der Waals surface area contributed by atoms with Crippen molar-refractivity contribution < 1.29 is 9.90 Å². The van der Waals surface area contributed by atoms with Gasteiger partial charge >= 0.3 is 5.97 Å². The summed E-state index contributed by atoms with van der Waals surface area (Å²) in [6, 6.07) is 6.34. The van der Waals surface area contributed by atoms with Crippen molar-refractivity contribution in [3.8, 4) is 0 Å². The summed E-state index contributed by atoms with van der Waals surface area (Å²) < 4.78 is 0. The molecule has 0 aliphatic heterocycles. The second kappa shape index (κ2) is 6.31. The van der Waals surface area contributed by atoms with E-state index in [4.69, 9.17) is 16.7 Å². The molecule has 1 aromatic carbocycles. The molecular formula is C16H20ClNO2. The zero-order valence-corrected chi connectivity index (χ0v) is 12.6. The Bertz CT molecular complexity index is 521. The van der Waals surface area contributed by atoms with E-state index >= 15 is 0 Å². The van der Waals surface area contributed by atoms with Crippen molar-refractivity contribution in [3.63, 3.8) is 0 Å². The number of carbonyl (C=O) groups is 1. The summed E-state index contributed by atoms with van der Waals surface area (Å²) in [5.74, 6) is -0.372. The van der Waals surface area contributed by atoms with Gasteiger partial charge in [-0.05, 0) is 42.5 Å². The van der Waals surface area contributed by atoms with Gasteiger partial charge in [-0.1, -0.05) is 31.5 Å². The Hall–Kier alpha value is -1.48. The van der Waals surface area contributed by atoms with Gasteiger partial charge in [-0.15, -0.1) is 0 Å². The maximum absolute atomic E-state index is 10.5. The number of benzene rings is 1. The fourth-order valence-corrected chi connectivity index (χ4v) is 2.55. The third-order valence-corrected chi connectivity index (χ3v) is 3.55. The lowest BCUT2D eigenvalue weighted by Crippen LogP contribution is -2.30. The molecule has 0 aromatic heterocycles. The minimum absolute atomic E-state index is 0.582. The van der Waals surface area contributed by atoms with E-state index in [0.29, 0.717) is 17.0 Å². The number of aliphatic carboxylic acids is 1. The minimum Gasteiger partial charge on any atom is -0.478 e. The second-order valence-corrected chi connectivity index (χ2v) is 6.07. The van der Waals surface area contributed by atoms with Gasteiger partial charge in [0.1, 0.15) is 0 Å². The first-order valence-electron chi connectivity index (χ1n) is 6.94. The van der Waals surface area contributed by atoms with Gasteiger partial charge in [0, 0.05) is 18.7 Å². The molecular weight excluding hydrogens is 274 g/mol. The van der Waals surface area contributed by atoms with Crippen molar-refractivity contribution in [3.05, 3.63) is 34.9 Å². The van der Waals surface area contributed by atoms with Gasteiger partial charge in [-0.2, -0.15) is 0 Å². The topological polar surface area (TPSA) is 40.5 Å². The fraction of sp³-hybridized carbons (Fsp3) is 0.438. The highest BCUT2D eigenvalue weighted by molar-refractivity contribution is 6.33. The lowest BCUT2D eigenvalue weighted by atomic mass is 10.1. The van der Waals surface area contributed by atoms with Crippen molar-refractivity contribution in [1.29, 1.82) is 0 Å². The van der Waals surface area contributed by atoms with Crippen molar-refractivity contribution in [2.24, 2.45) is 5.92 Å². The van der Waals surface area contributed by atoms with E-state index in [1.54, 1.807) is 6.08 Å². The highest BCUT2D eigenvalue weighted by atomic mass is 35.5. The van der Waals surface area contributed by atoms with E-state index in [2.05, 4.69) is 18.7 Å². The van der Waals surface area contributed by atoms with Crippen LogP contribution in [0.4, 0.5) is 5.69 Å². The van der Waals surface area contributed by atoms with Gasteiger partial charge in [0.2, 0.25) is 0 Å². The van der Waals surface area contributed by atoms with Gasteiger partial charge < -0.3 is 10.0 Å². The largest absolute Gasteiger partial charge is 0.478 e. The number of nitrogens with zero attached hydrogens (tertiary/aromatic N) is 1. The average molecular weight is 294 g/mol. The van der Waals surface area contributed by atoms with Crippen LogP contribution in [0.1, 0.15) is 32.3 Å². The Balaban J connectivity index is 2.21. The number of rotatable bonds is 6. The van der Waals surface area contributed by atoms with Crippen molar-refractivity contribution in [2.75, 3.05) is 11.4 Å². The number of carboxylic acids is 1. The summed E-state index contributed by atoms with van der Waals surface area (Å²) in [5.41, 5.74) is 1.86. The zero-order chi connectivity index (χ0) is 14.7. The fourth-order valence-electron chi connectivity index (χ4n) is 2.25. The first-order chi connectivity index (χ1) is 9.47. The molecule has 4 heteroatoms. The van der Waals surface area contributed by atoms with Gasteiger partial charge in [-0.3, -0.25) is 0 Å². The third-order valence-electron chi connectivity index (χ3n) is 3.25. The van der Waals surface area contributed by atoms with Crippen molar-refractivity contribution in [1.82, 2.24) is 0 Å². The highest BCUT2D eigenvalue weighted by Crippen LogP contribution is 2.36. The number of hydrogen-bond donors (Lipinski definition) is 1. The minimum atomic E-state index is -0.954. The first-order valence-corrected chi connectivity index (χ1v) is 7.32. The van der Waals surface area contributed by atoms with E-state index in [-0.39, 0.29) is 0 Å². The number of anilines is 1. The van der Waals surface area contributed by atoms with Gasteiger partial charge in [0.05, 0.1) is 10.7 Å². The molecule has 0 heterocycles. The Kier molecular flexibility index (Phi) is 4.71. The lowest BCUT2D eigenvalue weighted by molar-refractivity contribution is -0.131. The predicted octanol–water partition coefficient (Wildman–Crippen LogP) is 4.06. The smallest absolute Gasteiger partial charge is 0.328 e. The molecule has 0 radical (unpaired) electrons. The van der Waals surface area contributed by atoms with E-state index in [9.17, 15) is 4.79 Å². The molecule has 0 atom stereocenters. The summed E-state index contributed by atoms with van der Waals surface area (Å²) in [6.45, 7) is 5.40. The molecule has 1 fully saturated rings. The van der Waals surface area contributed by atoms with E-state index in [0.717, 1.165) is 23.9 Å². The van der Waals surface area contributed by atoms with Crippen LogP contribution in [0.2, 0.25) is 5.02 Å². The summed E-state index contributed by atoms with van der Waals surface area (Å²) in [4.78, 5) is 12.9. The van der Waals surface area contributed by atoms with Crippen LogP contribution in [0.25, 0.3) is 6.08 Å². The standard InChI is InChI=1S/C16H20ClNO2/c1-11(2)10-18(13-5-6-13)15-7-3-12(9-14(15)17)4-8-16(19)20/h3-4,7-9,11,13H,5-6,10H2,1-2H3,(H,19,20)/b8-4+. The van der Waals surface area contributed by atoms with Crippen LogP contribution in [-0.4, -0.2) is 23.7 Å². The number of hydrogen-bond acceptors (Lipinski definition) is 2. The van der Waals surface area contributed by atoms with E-state index in [1.165, 1.54) is 12.8 Å². The summed E-state index contributed by atoms with van der Waals surface area (Å²) in [6.07, 6.45) is 5.13. The van der Waals surface area contributed by atoms with Crippen molar-refractivity contribution in [2.45, 2.75) is 32.7 Å². The van der Waals surface area contributed by atoms with Crippen LogP contribution in [0, 0.1) is 5.92 Å². The first kappa shape index (κ1) is 14.9. The maximum Gasteiger partial charge on any atom is 0.328 e. The van der Waals surface area contributed by atoms with E-state index < -0.39 is 5.97 Å². The van der Waals surface area contributed by atoms with Crippen molar-refractivity contribution >= 4 is 29.3 Å². The molecule has 0 amide bonds. The monoisotopic (exact) mass is 293 g/mol. The van der Waals surface area contributed by atoms with Crippen LogP contribution in [0.5, 0.6) is 0 Å².